The van der Waals surface area contributed by atoms with E-state index in [1.807, 2.05) is 36.4 Å². The molecule has 3 aromatic rings. The maximum absolute atomic E-state index is 5.66. The zero-order chi connectivity index (χ0) is 16.9. The van der Waals surface area contributed by atoms with Crippen molar-refractivity contribution in [2.24, 2.45) is 0 Å². The van der Waals surface area contributed by atoms with Crippen LogP contribution in [0.15, 0.2) is 69.9 Å². The Morgan fingerprint density at radius 2 is 1.92 bits per heavy atom. The van der Waals surface area contributed by atoms with Crippen LogP contribution in [0.5, 0.6) is 0 Å². The van der Waals surface area contributed by atoms with Gasteiger partial charge in [0, 0.05) is 5.69 Å². The van der Waals surface area contributed by atoms with Crippen LogP contribution >= 0.6 is 12.2 Å². The van der Waals surface area contributed by atoms with E-state index in [9.17, 15) is 0 Å². The van der Waals surface area contributed by atoms with E-state index in [2.05, 4.69) is 36.2 Å². The second-order valence-electron chi connectivity index (χ2n) is 5.70. The smallest absolute Gasteiger partial charge is 0.174 e. The first-order valence-electron chi connectivity index (χ1n) is 7.83. The molecule has 0 radical (unpaired) electrons. The highest BCUT2D eigenvalue weighted by Gasteiger charge is 2.22. The molecule has 5 heteroatoms. The molecule has 0 bridgehead atoms. The summed E-state index contributed by atoms with van der Waals surface area (Å²) in [6, 6.07) is 15.8. The van der Waals surface area contributed by atoms with Crippen molar-refractivity contribution in [3.8, 4) is 0 Å². The molecule has 0 fully saturated rings. The molecule has 0 aliphatic rings. The van der Waals surface area contributed by atoms with E-state index >= 15 is 0 Å². The van der Waals surface area contributed by atoms with Crippen LogP contribution in [0.4, 0.5) is 5.69 Å². The highest BCUT2D eigenvalue weighted by Crippen LogP contribution is 2.24. The molecule has 24 heavy (non-hydrogen) atoms. The predicted molar refractivity (Wildman–Crippen MR) is 98.8 cm³/mol. The van der Waals surface area contributed by atoms with Crippen molar-refractivity contribution in [1.82, 2.24) is 4.90 Å². The average Bonchev–Trinajstić information content (AvgIpc) is 3.25. The van der Waals surface area contributed by atoms with Gasteiger partial charge >= 0.3 is 0 Å². The largest absolute Gasteiger partial charge is 0.467 e. The highest BCUT2D eigenvalue weighted by molar-refractivity contribution is 7.80. The summed E-state index contributed by atoms with van der Waals surface area (Å²) < 4.78 is 11.0. The maximum Gasteiger partial charge on any atom is 0.174 e. The normalized spacial score (nSPS) is 11.9. The molecular formula is C19H20N2O2S. The SMILES string of the molecule is Cc1cccc(NC(=S)N(Cc2ccco2)[C@@H](C)c2ccco2)c1. The quantitative estimate of drug-likeness (QED) is 0.651. The van der Waals surface area contributed by atoms with Crippen LogP contribution in [0, 0.1) is 6.92 Å². The molecule has 0 saturated heterocycles. The van der Waals surface area contributed by atoms with Gasteiger partial charge in [0.05, 0.1) is 25.1 Å². The lowest BCUT2D eigenvalue weighted by atomic mass is 10.2. The highest BCUT2D eigenvalue weighted by atomic mass is 32.1. The van der Waals surface area contributed by atoms with Crippen LogP contribution in [0.2, 0.25) is 0 Å². The third-order valence-electron chi connectivity index (χ3n) is 3.86. The van der Waals surface area contributed by atoms with Crippen molar-refractivity contribution in [2.45, 2.75) is 26.4 Å². The third-order valence-corrected chi connectivity index (χ3v) is 4.20. The Labute approximate surface area is 147 Å². The van der Waals surface area contributed by atoms with E-state index in [4.69, 9.17) is 21.1 Å². The molecule has 124 valence electrons. The number of nitrogens with zero attached hydrogens (tertiary/aromatic N) is 1. The lowest BCUT2D eigenvalue weighted by Gasteiger charge is -2.30. The predicted octanol–water partition coefficient (Wildman–Crippen LogP) is 5.14. The lowest BCUT2D eigenvalue weighted by molar-refractivity contribution is 0.269. The first kappa shape index (κ1) is 16.3. The minimum Gasteiger partial charge on any atom is -0.467 e. The summed E-state index contributed by atoms with van der Waals surface area (Å²) in [4.78, 5) is 2.05. The number of nitrogens with one attached hydrogen (secondary N) is 1. The Bertz CT molecular complexity index is 782. The van der Waals surface area contributed by atoms with Gasteiger partial charge in [-0.25, -0.2) is 0 Å². The van der Waals surface area contributed by atoms with Gasteiger partial charge in [0.1, 0.15) is 11.5 Å². The molecule has 4 nitrogen and oxygen atoms in total. The molecule has 0 aliphatic carbocycles. The topological polar surface area (TPSA) is 41.5 Å². The summed E-state index contributed by atoms with van der Waals surface area (Å²) in [5, 5.41) is 3.94. The molecule has 1 aromatic carbocycles. The van der Waals surface area contributed by atoms with Crippen LogP contribution < -0.4 is 5.32 Å². The first-order valence-corrected chi connectivity index (χ1v) is 8.24. The second-order valence-corrected chi connectivity index (χ2v) is 6.08. The van der Waals surface area contributed by atoms with Crippen LogP contribution in [0.3, 0.4) is 0 Å². The number of anilines is 1. The Morgan fingerprint density at radius 3 is 2.58 bits per heavy atom. The van der Waals surface area contributed by atoms with Gasteiger partial charge in [0.25, 0.3) is 0 Å². The number of furan rings is 2. The van der Waals surface area contributed by atoms with Gasteiger partial charge in [0.15, 0.2) is 5.11 Å². The maximum atomic E-state index is 5.66. The Hall–Kier alpha value is -2.53. The number of benzene rings is 1. The Kier molecular flexibility index (Phi) is 5.01. The molecule has 0 unspecified atom stereocenters. The van der Waals surface area contributed by atoms with Crippen molar-refractivity contribution < 1.29 is 8.83 Å². The minimum absolute atomic E-state index is 0.0186. The van der Waals surface area contributed by atoms with Crippen LogP contribution in [-0.2, 0) is 6.54 Å². The average molecular weight is 340 g/mol. The van der Waals surface area contributed by atoms with E-state index in [0.717, 1.165) is 17.2 Å². The standard InChI is InChI=1S/C19H20N2O2S/c1-14-6-3-7-16(12-14)20-19(24)21(13-17-8-4-10-22-17)15(2)18-9-5-11-23-18/h3-12,15H,13H2,1-2H3,(H,20,24)/t15-/m0/s1. The number of rotatable bonds is 5. The van der Waals surface area contributed by atoms with Crippen LogP contribution in [-0.4, -0.2) is 10.0 Å². The molecule has 1 atom stereocenters. The Morgan fingerprint density at radius 1 is 1.12 bits per heavy atom. The van der Waals surface area contributed by atoms with Gasteiger partial charge in [-0.3, -0.25) is 0 Å². The van der Waals surface area contributed by atoms with Crippen LogP contribution in [0.25, 0.3) is 0 Å². The molecule has 2 aromatic heterocycles. The zero-order valence-electron chi connectivity index (χ0n) is 13.7. The van der Waals surface area contributed by atoms with Gasteiger partial charge in [0.2, 0.25) is 0 Å². The molecule has 3 rings (SSSR count). The second kappa shape index (κ2) is 7.36. The van der Waals surface area contributed by atoms with Crippen molar-refractivity contribution in [3.63, 3.8) is 0 Å². The summed E-state index contributed by atoms with van der Waals surface area (Å²) in [6.07, 6.45) is 3.34. The molecule has 1 N–H and O–H groups in total. The van der Waals surface area contributed by atoms with Gasteiger partial charge in [-0.2, -0.15) is 0 Å². The number of aryl methyl sites for hydroxylation is 1. The van der Waals surface area contributed by atoms with Crippen molar-refractivity contribution >= 4 is 23.0 Å². The fraction of sp³-hybridized carbons (Fsp3) is 0.211. The van der Waals surface area contributed by atoms with Crippen molar-refractivity contribution in [1.29, 1.82) is 0 Å². The summed E-state index contributed by atoms with van der Waals surface area (Å²) >= 11 is 5.66. The van der Waals surface area contributed by atoms with Crippen LogP contribution in [0.1, 0.15) is 30.0 Å². The van der Waals surface area contributed by atoms with E-state index in [1.165, 1.54) is 5.56 Å². The Balaban J connectivity index is 1.81. The lowest BCUT2D eigenvalue weighted by Crippen LogP contribution is -2.36. The summed E-state index contributed by atoms with van der Waals surface area (Å²) in [7, 11) is 0. The van der Waals surface area contributed by atoms with E-state index in [1.54, 1.807) is 12.5 Å². The number of hydrogen-bond donors (Lipinski definition) is 1. The van der Waals surface area contributed by atoms with Gasteiger partial charge in [-0.15, -0.1) is 0 Å². The fourth-order valence-electron chi connectivity index (χ4n) is 2.56. The van der Waals surface area contributed by atoms with E-state index in [-0.39, 0.29) is 6.04 Å². The van der Waals surface area contributed by atoms with Gasteiger partial charge < -0.3 is 19.1 Å². The molecule has 0 saturated carbocycles. The molecular weight excluding hydrogens is 320 g/mol. The van der Waals surface area contributed by atoms with Crippen molar-refractivity contribution in [2.75, 3.05) is 5.32 Å². The van der Waals surface area contributed by atoms with Gasteiger partial charge in [-0.1, -0.05) is 12.1 Å². The fourth-order valence-corrected chi connectivity index (χ4v) is 2.90. The summed E-state index contributed by atoms with van der Waals surface area (Å²) in [5.41, 5.74) is 2.15. The molecule has 2 heterocycles. The summed E-state index contributed by atoms with van der Waals surface area (Å²) in [6.45, 7) is 4.68. The zero-order valence-corrected chi connectivity index (χ0v) is 14.5. The molecule has 0 spiro atoms. The number of thiocarbonyl (C=S) groups is 1. The first-order chi connectivity index (χ1) is 11.6. The monoisotopic (exact) mass is 340 g/mol. The van der Waals surface area contributed by atoms with Gasteiger partial charge in [-0.05, 0) is 68.0 Å². The minimum atomic E-state index is -0.0186. The summed E-state index contributed by atoms with van der Waals surface area (Å²) in [5.74, 6) is 1.71. The van der Waals surface area contributed by atoms with E-state index < -0.39 is 0 Å². The van der Waals surface area contributed by atoms with Crippen molar-refractivity contribution in [3.05, 3.63) is 78.1 Å². The third kappa shape index (κ3) is 3.86. The molecule has 0 aliphatic heterocycles. The molecule has 0 amide bonds. The number of hydrogen-bond acceptors (Lipinski definition) is 3. The van der Waals surface area contributed by atoms with E-state index in [0.29, 0.717) is 11.7 Å².